The van der Waals surface area contributed by atoms with E-state index in [1.165, 1.54) is 0 Å². The van der Waals surface area contributed by atoms with E-state index in [1.807, 2.05) is 16.8 Å². The molecule has 23 heavy (non-hydrogen) atoms. The summed E-state index contributed by atoms with van der Waals surface area (Å²) in [6, 6.07) is 4.14. The molecule has 1 fully saturated rings. The van der Waals surface area contributed by atoms with Gasteiger partial charge in [-0.3, -0.25) is 4.90 Å². The van der Waals surface area contributed by atoms with Gasteiger partial charge in [0.1, 0.15) is 12.3 Å². The molecule has 7 heteroatoms. The Balaban J connectivity index is 1.75. The fourth-order valence-electron chi connectivity index (χ4n) is 3.25. The smallest absolute Gasteiger partial charge is 0.168 e. The zero-order chi connectivity index (χ0) is 16.1. The average molecular weight is 318 g/mol. The van der Waals surface area contributed by atoms with Gasteiger partial charge in [0.2, 0.25) is 0 Å². The largest absolute Gasteiger partial charge is 0.467 e. The summed E-state index contributed by atoms with van der Waals surface area (Å²) in [6.07, 6.45) is 3.88. The Morgan fingerprint density at radius 2 is 2.04 bits per heavy atom. The van der Waals surface area contributed by atoms with Gasteiger partial charge in [0.15, 0.2) is 5.82 Å². The number of hydrogen-bond acceptors (Lipinski definition) is 6. The maximum absolute atomic E-state index is 5.44. The van der Waals surface area contributed by atoms with Crippen LogP contribution in [0.3, 0.4) is 0 Å². The summed E-state index contributed by atoms with van der Waals surface area (Å²) in [4.78, 5) is 5.02. The van der Waals surface area contributed by atoms with Gasteiger partial charge in [-0.05, 0) is 35.5 Å². The summed E-state index contributed by atoms with van der Waals surface area (Å²) in [6.45, 7) is 10.6. The van der Waals surface area contributed by atoms with Gasteiger partial charge >= 0.3 is 0 Å². The molecule has 0 bridgehead atoms. The highest BCUT2D eigenvalue weighted by Crippen LogP contribution is 2.25. The van der Waals surface area contributed by atoms with E-state index >= 15 is 0 Å². The first-order chi connectivity index (χ1) is 11.3. The van der Waals surface area contributed by atoms with Gasteiger partial charge in [-0.25, -0.2) is 4.68 Å². The quantitative estimate of drug-likeness (QED) is 0.775. The molecule has 2 aromatic rings. The molecule has 7 nitrogen and oxygen atoms in total. The molecule has 0 aromatic carbocycles. The van der Waals surface area contributed by atoms with Crippen molar-refractivity contribution in [3.05, 3.63) is 30.0 Å². The third kappa shape index (κ3) is 3.79. The van der Waals surface area contributed by atoms with Gasteiger partial charge in [0.05, 0.1) is 12.3 Å². The Morgan fingerprint density at radius 3 is 2.70 bits per heavy atom. The van der Waals surface area contributed by atoms with Gasteiger partial charge in [0, 0.05) is 26.2 Å². The first-order valence-corrected chi connectivity index (χ1v) is 8.56. The standard InChI is InChI=1S/C16H26N6O/c1-3-6-15(21-10-8-20(4-2)9-11-21)16-17-18-19-22(16)13-14-7-5-12-23-14/h5,7,12,15H,3-4,6,8-11,13H2,1-2H3/t15-/m0/s1. The van der Waals surface area contributed by atoms with Gasteiger partial charge < -0.3 is 9.32 Å². The Bertz CT molecular complexity index is 573. The van der Waals surface area contributed by atoms with Crippen molar-refractivity contribution in [1.29, 1.82) is 0 Å². The van der Waals surface area contributed by atoms with Gasteiger partial charge in [-0.1, -0.05) is 20.3 Å². The fourth-order valence-corrected chi connectivity index (χ4v) is 3.25. The molecule has 0 amide bonds. The predicted octanol–water partition coefficient (Wildman–Crippen LogP) is 1.79. The lowest BCUT2D eigenvalue weighted by Crippen LogP contribution is -2.47. The maximum atomic E-state index is 5.44. The van der Waals surface area contributed by atoms with Crippen LogP contribution >= 0.6 is 0 Å². The molecule has 1 aliphatic rings. The summed E-state index contributed by atoms with van der Waals surface area (Å²) in [5, 5.41) is 12.4. The molecule has 0 radical (unpaired) electrons. The minimum Gasteiger partial charge on any atom is -0.467 e. The summed E-state index contributed by atoms with van der Waals surface area (Å²) >= 11 is 0. The van der Waals surface area contributed by atoms with Gasteiger partial charge in [-0.2, -0.15) is 0 Å². The van der Waals surface area contributed by atoms with E-state index < -0.39 is 0 Å². The molecule has 0 unspecified atom stereocenters. The Hall–Kier alpha value is -1.73. The highest BCUT2D eigenvalue weighted by molar-refractivity contribution is 5.02. The third-order valence-electron chi connectivity index (χ3n) is 4.60. The first-order valence-electron chi connectivity index (χ1n) is 8.56. The summed E-state index contributed by atoms with van der Waals surface area (Å²) < 4.78 is 7.32. The number of tetrazole rings is 1. The van der Waals surface area contributed by atoms with Crippen LogP contribution in [0.2, 0.25) is 0 Å². The fraction of sp³-hybridized carbons (Fsp3) is 0.688. The third-order valence-corrected chi connectivity index (χ3v) is 4.60. The highest BCUT2D eigenvalue weighted by atomic mass is 16.3. The van der Waals surface area contributed by atoms with Crippen LogP contribution in [0.4, 0.5) is 0 Å². The van der Waals surface area contributed by atoms with Crippen molar-refractivity contribution in [2.45, 2.75) is 39.3 Å². The second-order valence-electron chi connectivity index (χ2n) is 6.05. The van der Waals surface area contributed by atoms with E-state index in [0.717, 1.165) is 57.2 Å². The predicted molar refractivity (Wildman–Crippen MR) is 87.0 cm³/mol. The topological polar surface area (TPSA) is 63.2 Å². The number of likely N-dealkylation sites (N-methyl/N-ethyl adjacent to an activating group) is 1. The number of furan rings is 1. The molecule has 0 aliphatic carbocycles. The molecule has 2 aromatic heterocycles. The van der Waals surface area contributed by atoms with Crippen molar-refractivity contribution in [2.75, 3.05) is 32.7 Å². The van der Waals surface area contributed by atoms with Crippen molar-refractivity contribution in [2.24, 2.45) is 0 Å². The zero-order valence-corrected chi connectivity index (χ0v) is 14.1. The minimum atomic E-state index is 0.281. The van der Waals surface area contributed by atoms with Crippen LogP contribution in [0, 0.1) is 0 Å². The normalized spacial score (nSPS) is 18.3. The minimum absolute atomic E-state index is 0.281. The maximum Gasteiger partial charge on any atom is 0.168 e. The molecular formula is C16H26N6O. The van der Waals surface area contributed by atoms with Crippen LogP contribution in [0.15, 0.2) is 22.8 Å². The summed E-state index contributed by atoms with van der Waals surface area (Å²) in [7, 11) is 0. The van der Waals surface area contributed by atoms with Crippen molar-refractivity contribution in [1.82, 2.24) is 30.0 Å². The van der Waals surface area contributed by atoms with Crippen molar-refractivity contribution >= 4 is 0 Å². The van der Waals surface area contributed by atoms with Crippen LogP contribution in [0.25, 0.3) is 0 Å². The zero-order valence-electron chi connectivity index (χ0n) is 14.1. The lowest BCUT2D eigenvalue weighted by atomic mass is 10.1. The lowest BCUT2D eigenvalue weighted by Gasteiger charge is -2.38. The summed E-state index contributed by atoms with van der Waals surface area (Å²) in [5.74, 6) is 1.83. The Labute approximate surface area is 137 Å². The van der Waals surface area contributed by atoms with Crippen LogP contribution in [-0.2, 0) is 6.54 Å². The number of nitrogens with zero attached hydrogens (tertiary/aromatic N) is 6. The van der Waals surface area contributed by atoms with Crippen molar-refractivity contribution in [3.63, 3.8) is 0 Å². The molecule has 0 saturated carbocycles. The average Bonchev–Trinajstić information content (AvgIpc) is 3.25. The Morgan fingerprint density at radius 1 is 1.22 bits per heavy atom. The molecule has 1 atom stereocenters. The van der Waals surface area contributed by atoms with Crippen LogP contribution < -0.4 is 0 Å². The molecule has 3 heterocycles. The van der Waals surface area contributed by atoms with Crippen LogP contribution in [0.1, 0.15) is 44.3 Å². The summed E-state index contributed by atoms with van der Waals surface area (Å²) in [5.41, 5.74) is 0. The molecule has 126 valence electrons. The number of piperazine rings is 1. The van der Waals surface area contributed by atoms with E-state index in [2.05, 4.69) is 39.2 Å². The van der Waals surface area contributed by atoms with Crippen molar-refractivity contribution in [3.8, 4) is 0 Å². The second-order valence-corrected chi connectivity index (χ2v) is 6.05. The second kappa shape index (κ2) is 7.70. The Kier molecular flexibility index (Phi) is 5.40. The highest BCUT2D eigenvalue weighted by Gasteiger charge is 2.28. The van der Waals surface area contributed by atoms with Crippen LogP contribution in [0.5, 0.6) is 0 Å². The lowest BCUT2D eigenvalue weighted by molar-refractivity contribution is 0.0888. The molecule has 0 spiro atoms. The van der Waals surface area contributed by atoms with E-state index in [9.17, 15) is 0 Å². The van der Waals surface area contributed by atoms with Crippen molar-refractivity contribution < 1.29 is 4.42 Å². The molecule has 1 saturated heterocycles. The van der Waals surface area contributed by atoms with E-state index in [-0.39, 0.29) is 6.04 Å². The monoisotopic (exact) mass is 318 g/mol. The van der Waals surface area contributed by atoms with Gasteiger partial charge in [0.25, 0.3) is 0 Å². The number of rotatable bonds is 7. The first kappa shape index (κ1) is 16.1. The van der Waals surface area contributed by atoms with Crippen LogP contribution in [-0.4, -0.2) is 62.7 Å². The molecular weight excluding hydrogens is 292 g/mol. The molecule has 1 aliphatic heterocycles. The molecule has 0 N–H and O–H groups in total. The number of aromatic nitrogens is 4. The van der Waals surface area contributed by atoms with E-state index in [4.69, 9.17) is 4.42 Å². The van der Waals surface area contributed by atoms with E-state index in [0.29, 0.717) is 6.54 Å². The SMILES string of the molecule is CCC[C@@H](c1nnnn1Cc1ccco1)N1CCN(CC)CC1. The molecule has 3 rings (SSSR count). The van der Waals surface area contributed by atoms with Gasteiger partial charge in [-0.15, -0.1) is 5.10 Å². The number of hydrogen-bond donors (Lipinski definition) is 0. The van der Waals surface area contributed by atoms with E-state index in [1.54, 1.807) is 6.26 Å².